The number of nitrogens with one attached hydrogen (secondary N) is 1. The second-order valence-corrected chi connectivity index (χ2v) is 9.22. The van der Waals surface area contributed by atoms with Gasteiger partial charge in [-0.05, 0) is 87.4 Å². The number of carbonyl (C=O) groups is 2. The summed E-state index contributed by atoms with van der Waals surface area (Å²) in [6.45, 7) is 5.65. The van der Waals surface area contributed by atoms with E-state index in [0.29, 0.717) is 30.8 Å². The molecule has 0 spiro atoms. The third-order valence-corrected chi connectivity index (χ3v) is 6.95. The fraction of sp³-hybridized carbons (Fsp3) is 0.414. The van der Waals surface area contributed by atoms with Gasteiger partial charge < -0.3 is 19.4 Å². The molecule has 1 fully saturated rings. The number of aryl methyl sites for hydroxylation is 2. The minimum absolute atomic E-state index is 0.155. The van der Waals surface area contributed by atoms with Gasteiger partial charge in [-0.2, -0.15) is 5.26 Å². The molecule has 0 radical (unpaired) electrons. The van der Waals surface area contributed by atoms with Gasteiger partial charge >= 0.3 is 5.97 Å². The number of hydrogen-bond acceptors (Lipinski definition) is 6. The molecular formula is C29H33N3O4. The first-order valence-corrected chi connectivity index (χ1v) is 12.7. The molecule has 2 aromatic carbocycles. The summed E-state index contributed by atoms with van der Waals surface area (Å²) in [4.78, 5) is 25.2. The topological polar surface area (TPSA) is 93.3 Å². The number of hydrogen-bond donors (Lipinski definition) is 1. The van der Waals surface area contributed by atoms with Crippen LogP contribution in [0.5, 0.6) is 5.75 Å². The van der Waals surface area contributed by atoms with E-state index in [9.17, 15) is 14.9 Å². The van der Waals surface area contributed by atoms with Gasteiger partial charge in [-0.15, -0.1) is 0 Å². The van der Waals surface area contributed by atoms with Crippen molar-refractivity contribution in [2.24, 2.45) is 0 Å². The molecule has 1 N–H and O–H groups in total. The van der Waals surface area contributed by atoms with Crippen LogP contribution in [0.1, 0.15) is 49.9 Å². The van der Waals surface area contributed by atoms with Gasteiger partial charge in [0.1, 0.15) is 5.75 Å². The predicted octanol–water partition coefficient (Wildman–Crippen LogP) is 4.34. The molecule has 0 amide bonds. The van der Waals surface area contributed by atoms with Crippen molar-refractivity contribution in [3.63, 3.8) is 0 Å². The molecular weight excluding hydrogens is 454 g/mol. The Bertz CT molecular complexity index is 1280. The summed E-state index contributed by atoms with van der Waals surface area (Å²) < 4.78 is 12.7. The van der Waals surface area contributed by atoms with Crippen molar-refractivity contribution in [1.82, 2.24) is 9.88 Å². The van der Waals surface area contributed by atoms with E-state index in [1.54, 1.807) is 13.0 Å². The van der Waals surface area contributed by atoms with Gasteiger partial charge in [-0.25, -0.2) is 4.79 Å². The summed E-state index contributed by atoms with van der Waals surface area (Å²) in [5.41, 5.74) is 3.19. The standard InChI is InChI=1S/C29H33N3O4/c1-3-32-24(18-23-10-9-22(19-30)16-26(23)32)11-13-29(12-6-14-31-29)27(33)17-21-7-5-8-25(15-21)36-20-28(34)35-4-2/h5,7-10,15-16,18,31H,3-4,6,11-14,17,20H2,1-2H3/t29-/m0/s1. The molecule has 3 aromatic rings. The summed E-state index contributed by atoms with van der Waals surface area (Å²) in [5.74, 6) is 0.306. The van der Waals surface area contributed by atoms with Crippen LogP contribution in [0.15, 0.2) is 48.5 Å². The van der Waals surface area contributed by atoms with Crippen molar-refractivity contribution in [1.29, 1.82) is 5.26 Å². The Morgan fingerprint density at radius 3 is 2.75 bits per heavy atom. The van der Waals surface area contributed by atoms with Gasteiger partial charge in [0.15, 0.2) is 12.4 Å². The first kappa shape index (κ1) is 25.5. The maximum Gasteiger partial charge on any atom is 0.344 e. The highest BCUT2D eigenvalue weighted by atomic mass is 16.6. The van der Waals surface area contributed by atoms with Crippen LogP contribution >= 0.6 is 0 Å². The number of benzene rings is 2. The van der Waals surface area contributed by atoms with E-state index in [-0.39, 0.29) is 12.4 Å². The highest BCUT2D eigenvalue weighted by Gasteiger charge is 2.40. The van der Waals surface area contributed by atoms with Crippen LogP contribution in [0.3, 0.4) is 0 Å². The minimum Gasteiger partial charge on any atom is -0.482 e. The lowest BCUT2D eigenvalue weighted by Gasteiger charge is -2.28. The van der Waals surface area contributed by atoms with Crippen molar-refractivity contribution in [3.05, 3.63) is 65.4 Å². The fourth-order valence-corrected chi connectivity index (χ4v) is 5.14. The number of Topliss-reactive ketones (excluding diaryl/α,β-unsaturated/α-hetero) is 1. The quantitative estimate of drug-likeness (QED) is 0.405. The van der Waals surface area contributed by atoms with Crippen LogP contribution in [0, 0.1) is 11.3 Å². The van der Waals surface area contributed by atoms with Crippen molar-refractivity contribution in [2.75, 3.05) is 19.8 Å². The van der Waals surface area contributed by atoms with E-state index >= 15 is 0 Å². The summed E-state index contributed by atoms with van der Waals surface area (Å²) in [5, 5.41) is 13.9. The molecule has 1 aromatic heterocycles. The van der Waals surface area contributed by atoms with Crippen LogP contribution < -0.4 is 10.1 Å². The lowest BCUT2D eigenvalue weighted by Crippen LogP contribution is -2.48. The normalized spacial score (nSPS) is 17.1. The minimum atomic E-state index is -0.561. The maximum atomic E-state index is 13.6. The fourth-order valence-electron chi connectivity index (χ4n) is 5.14. The molecule has 1 aliphatic rings. The Kier molecular flexibility index (Phi) is 8.07. The number of ether oxygens (including phenoxy) is 2. The Morgan fingerprint density at radius 1 is 1.17 bits per heavy atom. The second kappa shape index (κ2) is 11.4. The molecule has 1 saturated heterocycles. The molecule has 2 heterocycles. The summed E-state index contributed by atoms with van der Waals surface area (Å²) in [6, 6.07) is 17.5. The van der Waals surface area contributed by atoms with E-state index in [0.717, 1.165) is 48.8 Å². The van der Waals surface area contributed by atoms with Crippen molar-refractivity contribution >= 4 is 22.7 Å². The first-order chi connectivity index (χ1) is 17.5. The highest BCUT2D eigenvalue weighted by molar-refractivity contribution is 5.90. The number of fused-ring (bicyclic) bond motifs is 1. The van der Waals surface area contributed by atoms with Crippen molar-refractivity contribution < 1.29 is 19.1 Å². The van der Waals surface area contributed by atoms with E-state index in [4.69, 9.17) is 9.47 Å². The zero-order chi connectivity index (χ0) is 25.5. The number of ketones is 1. The number of nitrogens with zero attached hydrogens (tertiary/aromatic N) is 2. The Hall–Kier alpha value is -3.63. The maximum absolute atomic E-state index is 13.6. The van der Waals surface area contributed by atoms with Crippen LogP contribution in [0.25, 0.3) is 10.9 Å². The molecule has 4 rings (SSSR count). The van der Waals surface area contributed by atoms with Gasteiger partial charge in [0.2, 0.25) is 0 Å². The molecule has 1 aliphatic heterocycles. The average Bonchev–Trinajstić information content (AvgIpc) is 3.51. The van der Waals surface area contributed by atoms with Crippen molar-refractivity contribution in [3.8, 4) is 11.8 Å². The van der Waals surface area contributed by atoms with Crippen LogP contribution in [0.2, 0.25) is 0 Å². The zero-order valence-corrected chi connectivity index (χ0v) is 21.0. The molecule has 0 aliphatic carbocycles. The first-order valence-electron chi connectivity index (χ1n) is 12.7. The Balaban J connectivity index is 1.47. The van der Waals surface area contributed by atoms with Gasteiger partial charge in [-0.1, -0.05) is 18.2 Å². The molecule has 1 atom stereocenters. The highest BCUT2D eigenvalue weighted by Crippen LogP contribution is 2.30. The lowest BCUT2D eigenvalue weighted by atomic mass is 9.83. The molecule has 0 bridgehead atoms. The smallest absolute Gasteiger partial charge is 0.344 e. The third kappa shape index (κ3) is 5.60. The Labute approximate surface area is 212 Å². The monoisotopic (exact) mass is 487 g/mol. The molecule has 36 heavy (non-hydrogen) atoms. The van der Waals surface area contributed by atoms with Gasteiger partial charge in [0, 0.05) is 24.2 Å². The molecule has 7 heteroatoms. The molecule has 0 unspecified atom stereocenters. The number of esters is 1. The lowest BCUT2D eigenvalue weighted by molar-refractivity contribution is -0.145. The number of aromatic nitrogens is 1. The third-order valence-electron chi connectivity index (χ3n) is 6.95. The van der Waals surface area contributed by atoms with E-state index in [1.807, 2.05) is 36.4 Å². The van der Waals surface area contributed by atoms with Gasteiger partial charge in [-0.3, -0.25) is 4.79 Å². The molecule has 0 saturated carbocycles. The summed E-state index contributed by atoms with van der Waals surface area (Å²) in [7, 11) is 0. The predicted molar refractivity (Wildman–Crippen MR) is 138 cm³/mol. The van der Waals surface area contributed by atoms with E-state index in [2.05, 4.69) is 28.9 Å². The van der Waals surface area contributed by atoms with E-state index < -0.39 is 11.5 Å². The van der Waals surface area contributed by atoms with Gasteiger partial charge in [0.25, 0.3) is 0 Å². The summed E-state index contributed by atoms with van der Waals surface area (Å²) >= 11 is 0. The number of rotatable bonds is 11. The largest absolute Gasteiger partial charge is 0.482 e. The van der Waals surface area contributed by atoms with Crippen molar-refractivity contribution in [2.45, 2.75) is 58.0 Å². The van der Waals surface area contributed by atoms with Gasteiger partial charge in [0.05, 0.1) is 23.8 Å². The Morgan fingerprint density at radius 2 is 2.03 bits per heavy atom. The van der Waals surface area contributed by atoms with Crippen LogP contribution in [0.4, 0.5) is 0 Å². The molecule has 188 valence electrons. The SMILES string of the molecule is CCOC(=O)COc1cccc(CC(=O)[C@@]2(CCc3cc4ccc(C#N)cc4n3CC)CCCN2)c1. The van der Waals surface area contributed by atoms with Crippen LogP contribution in [-0.4, -0.2) is 41.6 Å². The summed E-state index contributed by atoms with van der Waals surface area (Å²) in [6.07, 6.45) is 3.57. The average molecular weight is 488 g/mol. The number of carbonyl (C=O) groups excluding carboxylic acids is 2. The number of nitriles is 1. The zero-order valence-electron chi connectivity index (χ0n) is 21.0. The molecule has 7 nitrogen and oxygen atoms in total. The second-order valence-electron chi connectivity index (χ2n) is 9.22. The van der Waals surface area contributed by atoms with E-state index in [1.165, 1.54) is 5.69 Å². The van der Waals surface area contributed by atoms with Crippen LogP contribution in [-0.2, 0) is 33.7 Å².